The first-order valence-corrected chi connectivity index (χ1v) is 10.8. The van der Waals surface area contributed by atoms with Gasteiger partial charge < -0.3 is 10.2 Å². The molecule has 152 valence electrons. The molecular weight excluding hydrogens is 350 g/mol. The average Bonchev–Trinajstić information content (AvgIpc) is 3.42. The van der Waals surface area contributed by atoms with Gasteiger partial charge in [0.2, 0.25) is 11.8 Å². The normalized spacial score (nSPS) is 28.6. The summed E-state index contributed by atoms with van der Waals surface area (Å²) in [5, 5.41) is 3.03. The van der Waals surface area contributed by atoms with Crippen molar-refractivity contribution in [2.45, 2.75) is 58.7 Å². The summed E-state index contributed by atoms with van der Waals surface area (Å²) in [6.07, 6.45) is 3.90. The zero-order chi connectivity index (χ0) is 19.7. The molecule has 28 heavy (non-hydrogen) atoms. The Morgan fingerprint density at radius 2 is 1.68 bits per heavy atom. The van der Waals surface area contributed by atoms with Crippen LogP contribution >= 0.6 is 0 Å². The summed E-state index contributed by atoms with van der Waals surface area (Å²) in [6, 6.07) is 8.99. The molecule has 3 fully saturated rings. The lowest BCUT2D eigenvalue weighted by Gasteiger charge is -2.35. The van der Waals surface area contributed by atoms with Crippen molar-refractivity contribution in [2.75, 3.05) is 19.6 Å². The number of likely N-dealkylation sites (tertiary alicyclic amines) is 2. The second-order valence-electron chi connectivity index (χ2n) is 9.35. The van der Waals surface area contributed by atoms with Crippen molar-refractivity contribution < 1.29 is 9.59 Å². The molecule has 3 aliphatic rings. The van der Waals surface area contributed by atoms with Gasteiger partial charge in [-0.2, -0.15) is 0 Å². The lowest BCUT2D eigenvalue weighted by Crippen LogP contribution is -2.38. The van der Waals surface area contributed by atoms with Gasteiger partial charge >= 0.3 is 0 Å². The van der Waals surface area contributed by atoms with E-state index in [0.717, 1.165) is 36.8 Å². The van der Waals surface area contributed by atoms with Crippen LogP contribution in [-0.2, 0) is 22.7 Å². The van der Waals surface area contributed by atoms with E-state index in [9.17, 15) is 9.59 Å². The maximum absolute atomic E-state index is 12.4. The molecule has 2 amide bonds. The van der Waals surface area contributed by atoms with E-state index in [0.29, 0.717) is 25.6 Å². The molecule has 2 saturated heterocycles. The minimum absolute atomic E-state index is 0.0110. The van der Waals surface area contributed by atoms with Crippen molar-refractivity contribution in [1.29, 1.82) is 0 Å². The van der Waals surface area contributed by atoms with E-state index in [2.05, 4.69) is 48.3 Å². The van der Waals surface area contributed by atoms with Crippen molar-refractivity contribution in [3.63, 3.8) is 0 Å². The molecule has 0 aromatic heterocycles. The summed E-state index contributed by atoms with van der Waals surface area (Å²) >= 11 is 0. The van der Waals surface area contributed by atoms with Gasteiger partial charge in [-0.1, -0.05) is 38.1 Å². The molecule has 5 nitrogen and oxygen atoms in total. The molecule has 1 saturated carbocycles. The number of hydrogen-bond acceptors (Lipinski definition) is 3. The smallest absolute Gasteiger partial charge is 0.225 e. The fraction of sp³-hybridized carbons (Fsp3) is 0.652. The fourth-order valence-electron chi connectivity index (χ4n) is 4.92. The first-order valence-electron chi connectivity index (χ1n) is 10.8. The monoisotopic (exact) mass is 383 g/mol. The molecular formula is C23H33N3O2. The summed E-state index contributed by atoms with van der Waals surface area (Å²) in [7, 11) is 0. The largest absolute Gasteiger partial charge is 0.352 e. The van der Waals surface area contributed by atoms with Gasteiger partial charge in [0.25, 0.3) is 0 Å². The molecule has 0 radical (unpaired) electrons. The van der Waals surface area contributed by atoms with Gasteiger partial charge in [0.15, 0.2) is 0 Å². The highest BCUT2D eigenvalue weighted by Crippen LogP contribution is 2.32. The Balaban J connectivity index is 1.24. The van der Waals surface area contributed by atoms with Gasteiger partial charge in [-0.05, 0) is 42.2 Å². The maximum atomic E-state index is 12.4. The zero-order valence-electron chi connectivity index (χ0n) is 17.2. The third kappa shape index (κ3) is 4.75. The third-order valence-corrected chi connectivity index (χ3v) is 6.36. The van der Waals surface area contributed by atoms with E-state index >= 15 is 0 Å². The van der Waals surface area contributed by atoms with E-state index < -0.39 is 0 Å². The number of piperidine rings is 1. The van der Waals surface area contributed by atoms with Crippen LogP contribution in [0.5, 0.6) is 0 Å². The number of nitrogens with zero attached hydrogens (tertiary/aromatic N) is 2. The lowest BCUT2D eigenvalue weighted by atomic mass is 9.91. The highest BCUT2D eigenvalue weighted by molar-refractivity contribution is 5.89. The predicted molar refractivity (Wildman–Crippen MR) is 109 cm³/mol. The van der Waals surface area contributed by atoms with E-state index in [1.54, 1.807) is 0 Å². The van der Waals surface area contributed by atoms with Gasteiger partial charge in [0, 0.05) is 45.2 Å². The number of carbonyl (C=O) groups is 2. The van der Waals surface area contributed by atoms with Crippen LogP contribution < -0.4 is 5.32 Å². The molecule has 1 aliphatic carbocycles. The number of hydrogen-bond donors (Lipinski definition) is 1. The van der Waals surface area contributed by atoms with E-state index in [1.807, 2.05) is 4.90 Å². The Bertz CT molecular complexity index is 703. The second-order valence-corrected chi connectivity index (χ2v) is 9.35. The van der Waals surface area contributed by atoms with Crippen LogP contribution in [0, 0.1) is 17.8 Å². The molecule has 3 atom stereocenters. The van der Waals surface area contributed by atoms with Gasteiger partial charge in [0.1, 0.15) is 0 Å². The SMILES string of the molecule is C[C@@H]1C[C@H](C)CN(Cc2ccc(CNC(=O)[C@H]3CC(=O)N(C4CC4)C3)cc2)C1. The topological polar surface area (TPSA) is 52.7 Å². The van der Waals surface area contributed by atoms with Crippen LogP contribution in [-0.4, -0.2) is 47.3 Å². The Labute approximate surface area is 168 Å². The van der Waals surface area contributed by atoms with Crippen LogP contribution in [0.4, 0.5) is 0 Å². The Kier molecular flexibility index (Phi) is 5.72. The van der Waals surface area contributed by atoms with E-state index in [1.165, 1.54) is 25.1 Å². The van der Waals surface area contributed by atoms with Crippen LogP contribution in [0.25, 0.3) is 0 Å². The van der Waals surface area contributed by atoms with Crippen molar-refractivity contribution in [2.24, 2.45) is 17.8 Å². The summed E-state index contributed by atoms with van der Waals surface area (Å²) < 4.78 is 0. The molecule has 5 heteroatoms. The van der Waals surface area contributed by atoms with Crippen LogP contribution in [0.1, 0.15) is 50.7 Å². The molecule has 0 unspecified atom stereocenters. The van der Waals surface area contributed by atoms with Gasteiger partial charge in [-0.15, -0.1) is 0 Å². The highest BCUT2D eigenvalue weighted by atomic mass is 16.2. The molecule has 1 aromatic carbocycles. The Morgan fingerprint density at radius 1 is 1.04 bits per heavy atom. The fourth-order valence-corrected chi connectivity index (χ4v) is 4.92. The number of rotatable bonds is 6. The highest BCUT2D eigenvalue weighted by Gasteiger charge is 2.41. The molecule has 0 bridgehead atoms. The average molecular weight is 384 g/mol. The van der Waals surface area contributed by atoms with Crippen LogP contribution in [0.3, 0.4) is 0 Å². The molecule has 4 rings (SSSR count). The minimum atomic E-state index is -0.185. The van der Waals surface area contributed by atoms with Crippen molar-refractivity contribution in [3.8, 4) is 0 Å². The quantitative estimate of drug-likeness (QED) is 0.822. The molecule has 0 spiro atoms. The van der Waals surface area contributed by atoms with E-state index in [-0.39, 0.29) is 17.7 Å². The van der Waals surface area contributed by atoms with E-state index in [4.69, 9.17) is 0 Å². The molecule has 2 heterocycles. The van der Waals surface area contributed by atoms with Gasteiger partial charge in [-0.25, -0.2) is 0 Å². The number of nitrogens with one attached hydrogen (secondary N) is 1. The van der Waals surface area contributed by atoms with Crippen molar-refractivity contribution >= 4 is 11.8 Å². The second kappa shape index (κ2) is 8.24. The maximum Gasteiger partial charge on any atom is 0.225 e. The summed E-state index contributed by atoms with van der Waals surface area (Å²) in [5.74, 6) is 1.52. The summed E-state index contributed by atoms with van der Waals surface area (Å²) in [5.41, 5.74) is 2.44. The zero-order valence-corrected chi connectivity index (χ0v) is 17.2. The number of carbonyl (C=O) groups excluding carboxylic acids is 2. The van der Waals surface area contributed by atoms with Crippen molar-refractivity contribution in [1.82, 2.24) is 15.1 Å². The summed E-state index contributed by atoms with van der Waals surface area (Å²) in [4.78, 5) is 28.9. The molecule has 1 aromatic rings. The Morgan fingerprint density at radius 3 is 2.32 bits per heavy atom. The minimum Gasteiger partial charge on any atom is -0.352 e. The molecule has 1 N–H and O–H groups in total. The first kappa shape index (κ1) is 19.4. The lowest BCUT2D eigenvalue weighted by molar-refractivity contribution is -0.129. The van der Waals surface area contributed by atoms with Crippen LogP contribution in [0.15, 0.2) is 24.3 Å². The number of benzene rings is 1. The molecule has 2 aliphatic heterocycles. The summed E-state index contributed by atoms with van der Waals surface area (Å²) in [6.45, 7) is 9.18. The van der Waals surface area contributed by atoms with Crippen molar-refractivity contribution in [3.05, 3.63) is 35.4 Å². The Hall–Kier alpha value is -1.88. The first-order chi connectivity index (χ1) is 13.5. The van der Waals surface area contributed by atoms with Crippen LogP contribution in [0.2, 0.25) is 0 Å². The predicted octanol–water partition coefficient (Wildman–Crippen LogP) is 2.79. The number of amides is 2. The van der Waals surface area contributed by atoms with Gasteiger partial charge in [0.05, 0.1) is 5.92 Å². The standard InChI is InChI=1S/C23H33N3O2/c1-16-9-17(2)13-25(12-16)14-19-5-3-18(4-6-19)11-24-23(28)20-10-22(27)26(15-20)21-7-8-21/h3-6,16-17,20-21H,7-15H2,1-2H3,(H,24,28)/t16-,17+,20-/m0/s1. The third-order valence-electron chi connectivity index (χ3n) is 6.36. The van der Waals surface area contributed by atoms with Gasteiger partial charge in [-0.3, -0.25) is 14.5 Å².